The fraction of sp³-hybridized carbons (Fsp3) is 0.429. The molecule has 2 aromatic carbocycles. The molecule has 2 atom stereocenters. The van der Waals surface area contributed by atoms with Gasteiger partial charge in [-0.15, -0.1) is 0 Å². The van der Waals surface area contributed by atoms with E-state index in [2.05, 4.69) is 4.72 Å². The minimum absolute atomic E-state index is 0.149. The van der Waals surface area contributed by atoms with Gasteiger partial charge in [-0.1, -0.05) is 42.5 Å². The van der Waals surface area contributed by atoms with Crippen LogP contribution in [-0.2, 0) is 21.5 Å². The zero-order valence-electron chi connectivity index (χ0n) is 16.0. The molecule has 0 amide bonds. The second kappa shape index (κ2) is 8.21. The maximum absolute atomic E-state index is 12.8. The Morgan fingerprint density at radius 2 is 1.93 bits per heavy atom. The number of hydrogen-bond acceptors (Lipinski definition) is 5. The molecule has 1 N–H and O–H groups in total. The number of hydrogen-bond donors (Lipinski definition) is 1. The topological polar surface area (TPSA) is 67.9 Å². The number of sulfonamides is 1. The van der Waals surface area contributed by atoms with Crippen LogP contribution in [-0.4, -0.2) is 38.9 Å². The van der Waals surface area contributed by atoms with Gasteiger partial charge in [0.2, 0.25) is 10.0 Å². The summed E-state index contributed by atoms with van der Waals surface area (Å²) < 4.78 is 34.4. The van der Waals surface area contributed by atoms with Gasteiger partial charge >= 0.3 is 0 Å². The Labute approximate surface area is 166 Å². The molecule has 4 rings (SSSR count). The van der Waals surface area contributed by atoms with Gasteiger partial charge in [-0.3, -0.25) is 4.84 Å². The summed E-state index contributed by atoms with van der Waals surface area (Å²) in [5, 5.41) is 0.984. The van der Waals surface area contributed by atoms with Gasteiger partial charge in [-0.2, -0.15) is 5.06 Å². The van der Waals surface area contributed by atoms with Crippen LogP contribution in [0.25, 0.3) is 0 Å². The average Bonchev–Trinajstić information content (AvgIpc) is 3.46. The number of ether oxygens (including phenoxy) is 1. The van der Waals surface area contributed by atoms with Gasteiger partial charge in [0.25, 0.3) is 0 Å². The van der Waals surface area contributed by atoms with E-state index < -0.39 is 15.3 Å². The normalized spacial score (nSPS) is 23.0. The Kier molecular flexibility index (Phi) is 5.68. The maximum atomic E-state index is 12.8. The maximum Gasteiger partial charge on any atom is 0.218 e. The lowest BCUT2D eigenvalue weighted by molar-refractivity contribution is -0.110. The molecule has 1 aliphatic heterocycles. The van der Waals surface area contributed by atoms with E-state index in [4.69, 9.17) is 9.57 Å². The van der Waals surface area contributed by atoms with E-state index in [1.807, 2.05) is 54.6 Å². The summed E-state index contributed by atoms with van der Waals surface area (Å²) in [5.74, 6) is 1.20. The van der Waals surface area contributed by atoms with E-state index in [-0.39, 0.29) is 12.6 Å². The summed E-state index contributed by atoms with van der Waals surface area (Å²) in [6.45, 7) is 1.14. The number of nitrogens with one attached hydrogen (secondary N) is 1. The predicted molar refractivity (Wildman–Crippen MR) is 107 cm³/mol. The van der Waals surface area contributed by atoms with Crippen molar-refractivity contribution in [1.82, 2.24) is 9.79 Å². The van der Waals surface area contributed by atoms with Crippen LogP contribution < -0.4 is 9.46 Å². The number of rotatable bonds is 8. The van der Waals surface area contributed by atoms with E-state index in [0.717, 1.165) is 24.0 Å². The largest absolute Gasteiger partial charge is 0.489 e. The van der Waals surface area contributed by atoms with Crippen LogP contribution in [0.5, 0.6) is 5.75 Å². The molecule has 7 heteroatoms. The lowest BCUT2D eigenvalue weighted by atomic mass is 10.0. The van der Waals surface area contributed by atoms with E-state index in [1.165, 1.54) is 0 Å². The summed E-state index contributed by atoms with van der Waals surface area (Å²) in [4.78, 5) is 5.58. The van der Waals surface area contributed by atoms with Crippen molar-refractivity contribution in [3.8, 4) is 5.75 Å². The van der Waals surface area contributed by atoms with Crippen molar-refractivity contribution in [3.05, 3.63) is 65.7 Å². The Morgan fingerprint density at radius 1 is 1.14 bits per heavy atom. The Morgan fingerprint density at radius 3 is 2.68 bits per heavy atom. The van der Waals surface area contributed by atoms with Gasteiger partial charge in [0, 0.05) is 13.6 Å². The molecule has 1 heterocycles. The minimum Gasteiger partial charge on any atom is -0.489 e. The molecule has 2 aliphatic rings. The van der Waals surface area contributed by atoms with E-state index in [1.54, 1.807) is 12.1 Å². The molecule has 0 aromatic heterocycles. The highest BCUT2D eigenvalue weighted by molar-refractivity contribution is 7.90. The highest BCUT2D eigenvalue weighted by atomic mass is 32.2. The summed E-state index contributed by atoms with van der Waals surface area (Å²) in [6.07, 6.45) is 2.21. The molecule has 2 fully saturated rings. The van der Waals surface area contributed by atoms with Gasteiger partial charge in [-0.05, 0) is 42.0 Å². The van der Waals surface area contributed by atoms with E-state index in [0.29, 0.717) is 24.8 Å². The molecule has 2 aromatic rings. The highest BCUT2D eigenvalue weighted by Gasteiger charge is 2.43. The third kappa shape index (κ3) is 4.55. The third-order valence-corrected chi connectivity index (χ3v) is 7.06. The summed E-state index contributed by atoms with van der Waals surface area (Å²) in [7, 11) is -1.69. The van der Waals surface area contributed by atoms with E-state index >= 15 is 0 Å². The van der Waals surface area contributed by atoms with Gasteiger partial charge in [0.15, 0.2) is 0 Å². The van der Waals surface area contributed by atoms with Gasteiger partial charge in [-0.25, -0.2) is 13.1 Å². The molecular formula is C21H26N2O4S. The van der Waals surface area contributed by atoms with Crippen LogP contribution in [0.15, 0.2) is 54.6 Å². The quantitative estimate of drug-likeness (QED) is 0.735. The van der Waals surface area contributed by atoms with Crippen molar-refractivity contribution in [2.24, 2.45) is 5.92 Å². The molecule has 0 unspecified atom stereocenters. The van der Waals surface area contributed by atoms with Crippen LogP contribution in [0.3, 0.4) is 0 Å². The third-order valence-electron chi connectivity index (χ3n) is 5.30. The van der Waals surface area contributed by atoms with Crippen molar-refractivity contribution in [3.63, 3.8) is 0 Å². The van der Waals surface area contributed by atoms with Crippen molar-refractivity contribution in [1.29, 1.82) is 0 Å². The molecule has 1 aliphatic carbocycles. The predicted octanol–water partition coefficient (Wildman–Crippen LogP) is 2.88. The molecular weight excluding hydrogens is 376 g/mol. The van der Waals surface area contributed by atoms with Gasteiger partial charge < -0.3 is 4.74 Å². The summed E-state index contributed by atoms with van der Waals surface area (Å²) >= 11 is 0. The van der Waals surface area contributed by atoms with Gasteiger partial charge in [0.05, 0.1) is 12.6 Å². The first kappa shape index (κ1) is 19.4. The molecule has 150 valence electrons. The molecule has 0 bridgehead atoms. The van der Waals surface area contributed by atoms with Crippen molar-refractivity contribution in [2.75, 3.05) is 20.2 Å². The lowest BCUT2D eigenvalue weighted by Crippen LogP contribution is -2.40. The summed E-state index contributed by atoms with van der Waals surface area (Å²) in [6, 6.07) is 17.2. The first-order valence-electron chi connectivity index (χ1n) is 9.64. The molecule has 0 spiro atoms. The first-order valence-corrected chi connectivity index (χ1v) is 11.2. The standard InChI is InChI=1S/C21H26N2O4S/c1-23-21(20(15-27-23)28(24,25)22-13-16-10-11-16)18-8-5-9-19(12-18)26-14-17-6-3-2-4-7-17/h2-9,12,16,20-22H,10-11,13-15H2,1H3/t20-,21-/m1/s1. The second-order valence-corrected chi connectivity index (χ2v) is 9.49. The number of hydroxylamine groups is 2. The zero-order valence-corrected chi connectivity index (χ0v) is 16.8. The Bertz CT molecular complexity index is 900. The van der Waals surface area contributed by atoms with Crippen LogP contribution in [0, 0.1) is 5.92 Å². The second-order valence-electron chi connectivity index (χ2n) is 7.51. The van der Waals surface area contributed by atoms with Crippen LogP contribution >= 0.6 is 0 Å². The van der Waals surface area contributed by atoms with Crippen molar-refractivity contribution < 1.29 is 18.0 Å². The smallest absolute Gasteiger partial charge is 0.218 e. The Hall–Kier alpha value is -1.93. The monoisotopic (exact) mass is 402 g/mol. The Balaban J connectivity index is 1.49. The minimum atomic E-state index is -3.47. The van der Waals surface area contributed by atoms with Crippen LogP contribution in [0.4, 0.5) is 0 Å². The molecule has 0 radical (unpaired) electrons. The molecule has 1 saturated heterocycles. The SMILES string of the molecule is CN1OC[C@@H](S(=O)(=O)NCC2CC2)[C@H]1c1cccc(OCc2ccccc2)c1. The lowest BCUT2D eigenvalue weighted by Gasteiger charge is -2.23. The fourth-order valence-electron chi connectivity index (χ4n) is 3.47. The average molecular weight is 403 g/mol. The molecule has 1 saturated carbocycles. The molecule has 28 heavy (non-hydrogen) atoms. The van der Waals surface area contributed by atoms with Crippen LogP contribution in [0.2, 0.25) is 0 Å². The number of nitrogens with zero attached hydrogens (tertiary/aromatic N) is 1. The van der Waals surface area contributed by atoms with Crippen molar-refractivity contribution >= 4 is 10.0 Å². The highest BCUT2D eigenvalue weighted by Crippen LogP contribution is 2.35. The number of benzene rings is 2. The summed E-state index contributed by atoms with van der Waals surface area (Å²) in [5.41, 5.74) is 1.95. The molecule has 6 nitrogen and oxygen atoms in total. The van der Waals surface area contributed by atoms with Gasteiger partial charge in [0.1, 0.15) is 17.6 Å². The van der Waals surface area contributed by atoms with Crippen molar-refractivity contribution in [2.45, 2.75) is 30.7 Å². The van der Waals surface area contributed by atoms with E-state index in [9.17, 15) is 8.42 Å². The first-order chi connectivity index (χ1) is 13.5. The fourth-order valence-corrected chi connectivity index (χ4v) is 5.06. The van der Waals surface area contributed by atoms with Crippen LogP contribution in [0.1, 0.15) is 30.0 Å². The zero-order chi connectivity index (χ0) is 19.6.